The van der Waals surface area contributed by atoms with E-state index in [1.807, 2.05) is 28.8 Å². The van der Waals surface area contributed by atoms with Crippen molar-refractivity contribution in [3.8, 4) is 5.75 Å². The van der Waals surface area contributed by atoms with E-state index in [-0.39, 0.29) is 11.3 Å². The van der Waals surface area contributed by atoms with Crippen LogP contribution in [0.25, 0.3) is 0 Å². The summed E-state index contributed by atoms with van der Waals surface area (Å²) in [7, 11) is 3.39. The number of hydrogen-bond donors (Lipinski definition) is 0. The summed E-state index contributed by atoms with van der Waals surface area (Å²) in [6, 6.07) is 14.6. The SMILES string of the molecule is COCCCN(CC(=O)N1CCS[C@H]1c1ccc(OC)cc1)Cc1cc(C)ccc1C. The highest BCUT2D eigenvalue weighted by molar-refractivity contribution is 7.99. The van der Waals surface area contributed by atoms with Crippen molar-refractivity contribution in [1.29, 1.82) is 0 Å². The normalized spacial score (nSPS) is 16.2. The summed E-state index contributed by atoms with van der Waals surface area (Å²) in [6.45, 7) is 7.77. The van der Waals surface area contributed by atoms with Crippen LogP contribution in [0.1, 0.15) is 34.0 Å². The first-order valence-electron chi connectivity index (χ1n) is 10.8. The highest BCUT2D eigenvalue weighted by Crippen LogP contribution is 2.38. The van der Waals surface area contributed by atoms with Crippen LogP contribution in [-0.2, 0) is 16.1 Å². The first-order valence-corrected chi connectivity index (χ1v) is 11.9. The minimum absolute atomic E-state index is 0.0694. The Hall–Kier alpha value is -2.02. The Morgan fingerprint density at radius 3 is 2.65 bits per heavy atom. The molecule has 1 aliphatic heterocycles. The van der Waals surface area contributed by atoms with Crippen LogP contribution in [0.5, 0.6) is 5.75 Å². The van der Waals surface area contributed by atoms with E-state index in [0.29, 0.717) is 13.2 Å². The third kappa shape index (κ3) is 6.48. The van der Waals surface area contributed by atoms with E-state index >= 15 is 0 Å². The molecule has 5 nitrogen and oxygen atoms in total. The van der Waals surface area contributed by atoms with Crippen molar-refractivity contribution >= 4 is 17.7 Å². The third-order valence-corrected chi connectivity index (χ3v) is 6.95. The van der Waals surface area contributed by atoms with Gasteiger partial charge in [0.15, 0.2) is 0 Å². The van der Waals surface area contributed by atoms with Crippen LogP contribution in [0.4, 0.5) is 0 Å². The van der Waals surface area contributed by atoms with Gasteiger partial charge in [-0.05, 0) is 49.1 Å². The molecular formula is C25H34N2O3S. The molecule has 1 amide bonds. The second-order valence-electron chi connectivity index (χ2n) is 8.07. The molecular weight excluding hydrogens is 408 g/mol. The molecule has 2 aromatic rings. The molecule has 31 heavy (non-hydrogen) atoms. The van der Waals surface area contributed by atoms with E-state index in [9.17, 15) is 4.79 Å². The number of aryl methyl sites for hydroxylation is 2. The van der Waals surface area contributed by atoms with Gasteiger partial charge in [0.05, 0.1) is 13.7 Å². The van der Waals surface area contributed by atoms with Gasteiger partial charge in [0.2, 0.25) is 5.91 Å². The van der Waals surface area contributed by atoms with Gasteiger partial charge in [0.25, 0.3) is 0 Å². The van der Waals surface area contributed by atoms with Gasteiger partial charge in [-0.25, -0.2) is 0 Å². The van der Waals surface area contributed by atoms with Crippen molar-refractivity contribution in [1.82, 2.24) is 9.80 Å². The van der Waals surface area contributed by atoms with E-state index in [4.69, 9.17) is 9.47 Å². The number of amides is 1. The maximum absolute atomic E-state index is 13.4. The van der Waals surface area contributed by atoms with Gasteiger partial charge in [0, 0.05) is 39.1 Å². The van der Waals surface area contributed by atoms with Gasteiger partial charge < -0.3 is 14.4 Å². The van der Waals surface area contributed by atoms with Crippen LogP contribution < -0.4 is 4.74 Å². The first kappa shape index (κ1) is 23.6. The van der Waals surface area contributed by atoms with Crippen molar-refractivity contribution < 1.29 is 14.3 Å². The zero-order chi connectivity index (χ0) is 22.2. The van der Waals surface area contributed by atoms with Gasteiger partial charge in [0.1, 0.15) is 11.1 Å². The third-order valence-electron chi connectivity index (χ3n) is 5.69. The lowest BCUT2D eigenvalue weighted by Gasteiger charge is -2.29. The van der Waals surface area contributed by atoms with E-state index in [1.165, 1.54) is 16.7 Å². The fourth-order valence-electron chi connectivity index (χ4n) is 3.91. The number of thioether (sulfide) groups is 1. The summed E-state index contributed by atoms with van der Waals surface area (Å²) in [4.78, 5) is 17.6. The lowest BCUT2D eigenvalue weighted by Crippen LogP contribution is -2.40. The largest absolute Gasteiger partial charge is 0.497 e. The predicted molar refractivity (Wildman–Crippen MR) is 128 cm³/mol. The summed E-state index contributed by atoms with van der Waals surface area (Å²) in [5.74, 6) is 1.99. The lowest BCUT2D eigenvalue weighted by molar-refractivity contribution is -0.132. The Kier molecular flexibility index (Phi) is 8.81. The summed E-state index contributed by atoms with van der Waals surface area (Å²) >= 11 is 1.83. The molecule has 168 valence electrons. The second kappa shape index (κ2) is 11.6. The summed E-state index contributed by atoms with van der Waals surface area (Å²) < 4.78 is 10.5. The molecule has 0 unspecified atom stereocenters. The predicted octanol–water partition coefficient (Wildman–Crippen LogP) is 4.42. The monoisotopic (exact) mass is 442 g/mol. The van der Waals surface area contributed by atoms with Gasteiger partial charge >= 0.3 is 0 Å². The number of carbonyl (C=O) groups is 1. The van der Waals surface area contributed by atoms with Crippen molar-refractivity contribution in [3.63, 3.8) is 0 Å². The van der Waals surface area contributed by atoms with Crippen molar-refractivity contribution in [2.24, 2.45) is 0 Å². The summed E-state index contributed by atoms with van der Waals surface area (Å²) in [5, 5.41) is 0.0694. The van der Waals surface area contributed by atoms with Crippen LogP contribution in [0.3, 0.4) is 0 Å². The molecule has 1 atom stereocenters. The van der Waals surface area contributed by atoms with E-state index < -0.39 is 0 Å². The Balaban J connectivity index is 1.71. The van der Waals surface area contributed by atoms with E-state index in [0.717, 1.165) is 43.1 Å². The summed E-state index contributed by atoms with van der Waals surface area (Å²) in [6.07, 6.45) is 0.908. The number of benzene rings is 2. The molecule has 0 bridgehead atoms. The Bertz CT molecular complexity index is 856. The van der Waals surface area contributed by atoms with Crippen molar-refractivity contribution in [2.45, 2.75) is 32.2 Å². The number of carbonyl (C=O) groups excluding carboxylic acids is 1. The average molecular weight is 443 g/mol. The standard InChI is InChI=1S/C25H34N2O3S/c1-19-6-7-20(2)22(16-19)17-26(12-5-14-29-3)18-24(28)27-13-15-31-25(27)21-8-10-23(30-4)11-9-21/h6-11,16,25H,5,12-15,17-18H2,1-4H3/t25-/m0/s1. The highest BCUT2D eigenvalue weighted by atomic mass is 32.2. The van der Waals surface area contributed by atoms with E-state index in [2.05, 4.69) is 49.1 Å². The molecule has 0 radical (unpaired) electrons. The minimum atomic E-state index is 0.0694. The maximum Gasteiger partial charge on any atom is 0.237 e. The smallest absolute Gasteiger partial charge is 0.237 e. The molecule has 0 N–H and O–H groups in total. The molecule has 0 aromatic heterocycles. The molecule has 1 fully saturated rings. The van der Waals surface area contributed by atoms with Gasteiger partial charge in [-0.3, -0.25) is 9.69 Å². The first-order chi connectivity index (χ1) is 15.0. The molecule has 1 saturated heterocycles. The van der Waals surface area contributed by atoms with Crippen LogP contribution >= 0.6 is 11.8 Å². The lowest BCUT2D eigenvalue weighted by atomic mass is 10.1. The Morgan fingerprint density at radius 1 is 1.16 bits per heavy atom. The Morgan fingerprint density at radius 2 is 1.94 bits per heavy atom. The number of ether oxygens (including phenoxy) is 2. The van der Waals surface area contributed by atoms with Gasteiger partial charge in [-0.1, -0.05) is 35.9 Å². The van der Waals surface area contributed by atoms with Crippen LogP contribution in [-0.4, -0.2) is 61.9 Å². The number of nitrogens with zero attached hydrogens (tertiary/aromatic N) is 2. The molecule has 3 rings (SSSR count). The summed E-state index contributed by atoms with van der Waals surface area (Å²) in [5.41, 5.74) is 4.95. The zero-order valence-corrected chi connectivity index (χ0v) is 19.9. The number of hydrogen-bond acceptors (Lipinski definition) is 5. The minimum Gasteiger partial charge on any atom is -0.497 e. The number of methoxy groups -OCH3 is 2. The van der Waals surface area contributed by atoms with Crippen LogP contribution in [0, 0.1) is 13.8 Å². The topological polar surface area (TPSA) is 42.0 Å². The molecule has 1 heterocycles. The molecule has 2 aromatic carbocycles. The Labute approximate surface area is 190 Å². The molecule has 0 spiro atoms. The maximum atomic E-state index is 13.4. The van der Waals surface area contributed by atoms with Crippen molar-refractivity contribution in [2.75, 3.05) is 46.2 Å². The van der Waals surface area contributed by atoms with Gasteiger partial charge in [-0.2, -0.15) is 0 Å². The molecule has 0 aliphatic carbocycles. The van der Waals surface area contributed by atoms with E-state index in [1.54, 1.807) is 14.2 Å². The molecule has 6 heteroatoms. The van der Waals surface area contributed by atoms with Crippen LogP contribution in [0.2, 0.25) is 0 Å². The molecule has 0 saturated carbocycles. The number of rotatable bonds is 10. The van der Waals surface area contributed by atoms with Gasteiger partial charge in [-0.15, -0.1) is 11.8 Å². The van der Waals surface area contributed by atoms with Crippen LogP contribution in [0.15, 0.2) is 42.5 Å². The zero-order valence-electron chi connectivity index (χ0n) is 19.1. The highest BCUT2D eigenvalue weighted by Gasteiger charge is 2.31. The van der Waals surface area contributed by atoms with Crippen molar-refractivity contribution in [3.05, 3.63) is 64.7 Å². The molecule has 1 aliphatic rings. The quantitative estimate of drug-likeness (QED) is 0.510. The fraction of sp³-hybridized carbons (Fsp3) is 0.480. The average Bonchev–Trinajstić information content (AvgIpc) is 3.26. The second-order valence-corrected chi connectivity index (χ2v) is 9.26. The fourth-order valence-corrected chi connectivity index (χ4v) is 5.19.